The molecule has 0 unspecified atom stereocenters. The first-order valence-corrected chi connectivity index (χ1v) is 7.75. The SMILES string of the molecule is O=C(CCc1cccnc1)N1CCC[C@H](c2ccncn2)C1. The van der Waals surface area contributed by atoms with Gasteiger partial charge in [-0.3, -0.25) is 9.78 Å². The van der Waals surface area contributed by atoms with E-state index < -0.39 is 0 Å². The van der Waals surface area contributed by atoms with Gasteiger partial charge in [-0.2, -0.15) is 0 Å². The second kappa shape index (κ2) is 7.11. The second-order valence-electron chi connectivity index (χ2n) is 5.67. The highest BCUT2D eigenvalue weighted by Gasteiger charge is 2.25. The van der Waals surface area contributed by atoms with E-state index in [2.05, 4.69) is 15.0 Å². The highest BCUT2D eigenvalue weighted by molar-refractivity contribution is 5.76. The Morgan fingerprint density at radius 1 is 1.27 bits per heavy atom. The van der Waals surface area contributed by atoms with Crippen LogP contribution in [0.3, 0.4) is 0 Å². The molecular weight excluding hydrogens is 276 g/mol. The van der Waals surface area contributed by atoms with Crippen molar-refractivity contribution < 1.29 is 4.79 Å². The summed E-state index contributed by atoms with van der Waals surface area (Å²) >= 11 is 0. The molecule has 0 saturated carbocycles. The van der Waals surface area contributed by atoms with Gasteiger partial charge in [-0.25, -0.2) is 9.97 Å². The predicted molar refractivity (Wildman–Crippen MR) is 83.1 cm³/mol. The zero-order valence-corrected chi connectivity index (χ0v) is 12.6. The Balaban J connectivity index is 1.56. The molecule has 0 bridgehead atoms. The average molecular weight is 296 g/mol. The zero-order chi connectivity index (χ0) is 15.2. The summed E-state index contributed by atoms with van der Waals surface area (Å²) in [6, 6.07) is 5.88. The third kappa shape index (κ3) is 3.67. The van der Waals surface area contributed by atoms with Gasteiger partial charge in [0.2, 0.25) is 5.91 Å². The third-order valence-electron chi connectivity index (χ3n) is 4.15. The Kier molecular flexibility index (Phi) is 4.73. The molecule has 1 aliphatic heterocycles. The number of hydrogen-bond donors (Lipinski definition) is 0. The largest absolute Gasteiger partial charge is 0.342 e. The molecule has 1 saturated heterocycles. The van der Waals surface area contributed by atoms with Gasteiger partial charge < -0.3 is 4.90 Å². The van der Waals surface area contributed by atoms with Crippen LogP contribution in [0.4, 0.5) is 0 Å². The van der Waals surface area contributed by atoms with E-state index in [1.165, 1.54) is 0 Å². The van der Waals surface area contributed by atoms with Crippen LogP contribution >= 0.6 is 0 Å². The normalized spacial score (nSPS) is 18.2. The predicted octanol–water partition coefficient (Wildman–Crippen LogP) is 2.21. The zero-order valence-electron chi connectivity index (χ0n) is 12.6. The van der Waals surface area contributed by atoms with Crippen LogP contribution < -0.4 is 0 Å². The lowest BCUT2D eigenvalue weighted by Gasteiger charge is -2.32. The average Bonchev–Trinajstić information content (AvgIpc) is 2.61. The number of carbonyl (C=O) groups excluding carboxylic acids is 1. The molecule has 0 N–H and O–H groups in total. The molecule has 1 atom stereocenters. The van der Waals surface area contributed by atoms with Gasteiger partial charge in [0.25, 0.3) is 0 Å². The third-order valence-corrected chi connectivity index (χ3v) is 4.15. The Morgan fingerprint density at radius 2 is 2.23 bits per heavy atom. The summed E-state index contributed by atoms with van der Waals surface area (Å²) in [6.07, 6.45) is 10.3. The number of aromatic nitrogens is 3. The maximum atomic E-state index is 12.4. The molecule has 0 aromatic carbocycles. The fourth-order valence-corrected chi connectivity index (χ4v) is 2.94. The van der Waals surface area contributed by atoms with Gasteiger partial charge in [0, 0.05) is 49.7 Å². The quantitative estimate of drug-likeness (QED) is 0.868. The van der Waals surface area contributed by atoms with E-state index in [-0.39, 0.29) is 5.91 Å². The molecule has 3 heterocycles. The van der Waals surface area contributed by atoms with E-state index in [1.54, 1.807) is 18.7 Å². The standard InChI is InChI=1S/C17H20N4O/c22-17(6-5-14-3-1-8-18-11-14)21-10-2-4-15(12-21)16-7-9-19-13-20-16/h1,3,7-9,11,13,15H,2,4-6,10,12H2/t15-/m0/s1. The number of amides is 1. The van der Waals surface area contributed by atoms with Gasteiger partial charge in [0.15, 0.2) is 0 Å². The van der Waals surface area contributed by atoms with E-state index in [4.69, 9.17) is 0 Å². The second-order valence-corrected chi connectivity index (χ2v) is 5.67. The van der Waals surface area contributed by atoms with Crippen LogP contribution in [0.15, 0.2) is 43.1 Å². The molecular formula is C17H20N4O. The topological polar surface area (TPSA) is 59.0 Å². The minimum absolute atomic E-state index is 0.225. The molecule has 22 heavy (non-hydrogen) atoms. The number of aryl methyl sites for hydroxylation is 1. The highest BCUT2D eigenvalue weighted by atomic mass is 16.2. The van der Waals surface area contributed by atoms with Crippen molar-refractivity contribution in [1.82, 2.24) is 19.9 Å². The van der Waals surface area contributed by atoms with Crippen molar-refractivity contribution in [2.45, 2.75) is 31.6 Å². The summed E-state index contributed by atoms with van der Waals surface area (Å²) in [5.41, 5.74) is 2.15. The van der Waals surface area contributed by atoms with E-state index in [0.717, 1.165) is 43.6 Å². The minimum atomic E-state index is 0.225. The summed E-state index contributed by atoms with van der Waals surface area (Å²) in [4.78, 5) is 26.8. The van der Waals surface area contributed by atoms with Crippen LogP contribution in [0.1, 0.15) is 36.4 Å². The first-order chi connectivity index (χ1) is 10.8. The number of nitrogens with zero attached hydrogens (tertiary/aromatic N) is 4. The lowest BCUT2D eigenvalue weighted by Crippen LogP contribution is -2.39. The van der Waals surface area contributed by atoms with Gasteiger partial charge in [-0.05, 0) is 37.0 Å². The molecule has 0 radical (unpaired) electrons. The number of piperidine rings is 1. The molecule has 0 spiro atoms. The Hall–Kier alpha value is -2.30. The maximum Gasteiger partial charge on any atom is 0.222 e. The fraction of sp³-hybridized carbons (Fsp3) is 0.412. The van der Waals surface area contributed by atoms with Crippen LogP contribution in [-0.4, -0.2) is 38.8 Å². The Bertz CT molecular complexity index is 603. The molecule has 1 amide bonds. The highest BCUT2D eigenvalue weighted by Crippen LogP contribution is 2.25. The van der Waals surface area contributed by atoms with Crippen LogP contribution in [0.25, 0.3) is 0 Å². The molecule has 5 nitrogen and oxygen atoms in total. The van der Waals surface area contributed by atoms with E-state index in [1.807, 2.05) is 29.3 Å². The number of rotatable bonds is 4. The van der Waals surface area contributed by atoms with Crippen molar-refractivity contribution in [2.75, 3.05) is 13.1 Å². The number of hydrogen-bond acceptors (Lipinski definition) is 4. The molecule has 1 fully saturated rings. The molecule has 2 aromatic rings. The van der Waals surface area contributed by atoms with Crippen LogP contribution in [0.2, 0.25) is 0 Å². The van der Waals surface area contributed by atoms with Gasteiger partial charge in [-0.1, -0.05) is 6.07 Å². The maximum absolute atomic E-state index is 12.4. The summed E-state index contributed by atoms with van der Waals surface area (Å²) in [7, 11) is 0. The summed E-state index contributed by atoms with van der Waals surface area (Å²) in [6.45, 7) is 1.62. The summed E-state index contributed by atoms with van der Waals surface area (Å²) in [5.74, 6) is 0.557. The van der Waals surface area contributed by atoms with Gasteiger partial charge >= 0.3 is 0 Å². The van der Waals surface area contributed by atoms with Gasteiger partial charge in [0.05, 0.1) is 0 Å². The van der Waals surface area contributed by atoms with Crippen molar-refractivity contribution in [3.63, 3.8) is 0 Å². The first kappa shape index (κ1) is 14.6. The van der Waals surface area contributed by atoms with Crippen molar-refractivity contribution in [3.05, 3.63) is 54.4 Å². The number of pyridine rings is 1. The van der Waals surface area contributed by atoms with Gasteiger partial charge in [0.1, 0.15) is 6.33 Å². The van der Waals surface area contributed by atoms with Crippen LogP contribution in [0, 0.1) is 0 Å². The molecule has 5 heteroatoms. The summed E-state index contributed by atoms with van der Waals surface area (Å²) < 4.78 is 0. The Labute approximate surface area is 130 Å². The Morgan fingerprint density at radius 3 is 3.00 bits per heavy atom. The van der Waals surface area contributed by atoms with E-state index in [9.17, 15) is 4.79 Å². The lowest BCUT2D eigenvalue weighted by atomic mass is 9.94. The monoisotopic (exact) mass is 296 g/mol. The van der Waals surface area contributed by atoms with Crippen molar-refractivity contribution in [1.29, 1.82) is 0 Å². The van der Waals surface area contributed by atoms with Crippen LogP contribution in [-0.2, 0) is 11.2 Å². The van der Waals surface area contributed by atoms with Crippen molar-refractivity contribution in [3.8, 4) is 0 Å². The molecule has 3 rings (SSSR count). The summed E-state index contributed by atoms with van der Waals surface area (Å²) in [5, 5.41) is 0. The lowest BCUT2D eigenvalue weighted by molar-refractivity contribution is -0.132. The van der Waals surface area contributed by atoms with Crippen molar-refractivity contribution in [2.24, 2.45) is 0 Å². The fourth-order valence-electron chi connectivity index (χ4n) is 2.94. The van der Waals surface area contributed by atoms with Crippen molar-refractivity contribution >= 4 is 5.91 Å². The first-order valence-electron chi connectivity index (χ1n) is 7.75. The van der Waals surface area contributed by atoms with E-state index in [0.29, 0.717) is 12.3 Å². The number of likely N-dealkylation sites (tertiary alicyclic amines) is 1. The van der Waals surface area contributed by atoms with Crippen LogP contribution in [0.5, 0.6) is 0 Å². The number of carbonyl (C=O) groups is 1. The molecule has 114 valence electrons. The van der Waals surface area contributed by atoms with Gasteiger partial charge in [-0.15, -0.1) is 0 Å². The molecule has 0 aliphatic carbocycles. The van der Waals surface area contributed by atoms with E-state index >= 15 is 0 Å². The smallest absolute Gasteiger partial charge is 0.222 e. The molecule has 1 aliphatic rings. The molecule has 2 aromatic heterocycles. The minimum Gasteiger partial charge on any atom is -0.342 e.